The Kier molecular flexibility index (Phi) is 7.93. The second kappa shape index (κ2) is 10.7. The number of ether oxygens (including phenoxy) is 1. The number of nitrogens with one attached hydrogen (secondary N) is 2. The Morgan fingerprint density at radius 1 is 0.857 bits per heavy atom. The SMILES string of the molecule is Cc1ccc(S(=O)(=O)N(C)C)cc1NC(=O)COC(=O)c1ccccc1Nc1cccc(C)c1C. The summed E-state index contributed by atoms with van der Waals surface area (Å²) in [4.78, 5) is 25.3. The summed E-state index contributed by atoms with van der Waals surface area (Å²) in [7, 11) is -0.800. The largest absolute Gasteiger partial charge is 0.452 e. The number of amides is 1. The van der Waals surface area contributed by atoms with Crippen molar-refractivity contribution in [2.24, 2.45) is 0 Å². The number of nitrogens with zero attached hydrogens (tertiary/aromatic N) is 1. The van der Waals surface area contributed by atoms with E-state index < -0.39 is 28.5 Å². The molecule has 0 spiro atoms. The molecule has 35 heavy (non-hydrogen) atoms. The summed E-state index contributed by atoms with van der Waals surface area (Å²) in [5.41, 5.74) is 4.89. The molecule has 0 bridgehead atoms. The first-order valence-electron chi connectivity index (χ1n) is 10.9. The van der Waals surface area contributed by atoms with Gasteiger partial charge in [0.05, 0.1) is 16.1 Å². The van der Waals surface area contributed by atoms with Crippen LogP contribution in [0.4, 0.5) is 17.1 Å². The third-order valence-corrected chi connectivity index (χ3v) is 7.43. The van der Waals surface area contributed by atoms with Crippen molar-refractivity contribution in [2.75, 3.05) is 31.3 Å². The van der Waals surface area contributed by atoms with E-state index in [1.165, 1.54) is 26.2 Å². The van der Waals surface area contributed by atoms with E-state index in [-0.39, 0.29) is 10.5 Å². The maximum atomic E-state index is 12.8. The quantitative estimate of drug-likeness (QED) is 0.449. The zero-order chi connectivity index (χ0) is 25.8. The first-order valence-corrected chi connectivity index (χ1v) is 12.4. The number of aryl methyl sites for hydroxylation is 2. The van der Waals surface area contributed by atoms with E-state index in [9.17, 15) is 18.0 Å². The Hall–Kier alpha value is -3.69. The number of anilines is 3. The van der Waals surface area contributed by atoms with Gasteiger partial charge in [0.1, 0.15) is 0 Å². The summed E-state index contributed by atoms with van der Waals surface area (Å²) in [5.74, 6) is -1.24. The van der Waals surface area contributed by atoms with Gasteiger partial charge in [0.2, 0.25) is 10.0 Å². The van der Waals surface area contributed by atoms with Gasteiger partial charge < -0.3 is 15.4 Å². The standard InChI is InChI=1S/C26H29N3O5S/c1-17-9-8-12-22(19(17)3)27-23-11-7-6-10-21(23)26(31)34-16-25(30)28-24-15-20(14-13-18(24)2)35(32,33)29(4)5/h6-15,27H,16H2,1-5H3,(H,28,30). The number of carbonyl (C=O) groups excluding carboxylic acids is 2. The lowest BCUT2D eigenvalue weighted by atomic mass is 10.1. The molecule has 0 atom stereocenters. The predicted octanol–water partition coefficient (Wildman–Crippen LogP) is 4.40. The van der Waals surface area contributed by atoms with Crippen LogP contribution in [0.25, 0.3) is 0 Å². The number of para-hydroxylation sites is 1. The zero-order valence-electron chi connectivity index (χ0n) is 20.4. The number of hydrogen-bond donors (Lipinski definition) is 2. The van der Waals surface area contributed by atoms with E-state index >= 15 is 0 Å². The van der Waals surface area contributed by atoms with Crippen LogP contribution in [-0.4, -0.2) is 45.3 Å². The van der Waals surface area contributed by atoms with Gasteiger partial charge in [-0.15, -0.1) is 0 Å². The number of rotatable bonds is 8. The van der Waals surface area contributed by atoms with Crippen molar-refractivity contribution in [3.63, 3.8) is 0 Å². The maximum absolute atomic E-state index is 12.8. The van der Waals surface area contributed by atoms with Crippen molar-refractivity contribution < 1.29 is 22.7 Å². The van der Waals surface area contributed by atoms with Crippen LogP contribution in [0.1, 0.15) is 27.0 Å². The molecule has 8 nitrogen and oxygen atoms in total. The highest BCUT2D eigenvalue weighted by atomic mass is 32.2. The summed E-state index contributed by atoms with van der Waals surface area (Å²) in [6, 6.07) is 17.2. The number of esters is 1. The lowest BCUT2D eigenvalue weighted by Crippen LogP contribution is -2.24. The van der Waals surface area contributed by atoms with Gasteiger partial charge in [-0.25, -0.2) is 17.5 Å². The van der Waals surface area contributed by atoms with Crippen LogP contribution in [0.2, 0.25) is 0 Å². The molecule has 0 unspecified atom stereocenters. The summed E-state index contributed by atoms with van der Waals surface area (Å²) in [6.07, 6.45) is 0. The second-order valence-electron chi connectivity index (χ2n) is 8.31. The van der Waals surface area contributed by atoms with Crippen LogP contribution in [0.15, 0.2) is 65.6 Å². The van der Waals surface area contributed by atoms with E-state index in [0.29, 0.717) is 16.9 Å². The molecule has 0 fully saturated rings. The van der Waals surface area contributed by atoms with Crippen LogP contribution in [0, 0.1) is 20.8 Å². The second-order valence-corrected chi connectivity index (χ2v) is 10.5. The van der Waals surface area contributed by atoms with Crippen LogP contribution in [0.3, 0.4) is 0 Å². The molecule has 0 aliphatic carbocycles. The van der Waals surface area contributed by atoms with Crippen molar-refractivity contribution in [1.29, 1.82) is 0 Å². The summed E-state index contributed by atoms with van der Waals surface area (Å²) >= 11 is 0. The summed E-state index contributed by atoms with van der Waals surface area (Å²) in [6.45, 7) is 5.21. The van der Waals surface area contributed by atoms with Crippen molar-refractivity contribution in [3.05, 3.63) is 82.9 Å². The Balaban J connectivity index is 1.70. The molecular formula is C26H29N3O5S. The number of hydrogen-bond acceptors (Lipinski definition) is 6. The minimum absolute atomic E-state index is 0.0480. The molecule has 1 amide bonds. The van der Waals surface area contributed by atoms with Gasteiger partial charge >= 0.3 is 5.97 Å². The molecule has 184 valence electrons. The van der Waals surface area contributed by atoms with Crippen molar-refractivity contribution in [2.45, 2.75) is 25.7 Å². The van der Waals surface area contributed by atoms with Crippen molar-refractivity contribution in [1.82, 2.24) is 4.31 Å². The van der Waals surface area contributed by atoms with Crippen molar-refractivity contribution in [3.8, 4) is 0 Å². The first-order chi connectivity index (χ1) is 16.5. The van der Waals surface area contributed by atoms with E-state index in [4.69, 9.17) is 4.74 Å². The van der Waals surface area contributed by atoms with Gasteiger partial charge in [0.15, 0.2) is 6.61 Å². The van der Waals surface area contributed by atoms with Gasteiger partial charge in [0, 0.05) is 25.5 Å². The molecule has 9 heteroatoms. The lowest BCUT2D eigenvalue weighted by Gasteiger charge is -2.15. The van der Waals surface area contributed by atoms with Crippen LogP contribution < -0.4 is 10.6 Å². The molecule has 3 aromatic carbocycles. The molecule has 0 aliphatic heterocycles. The molecule has 3 aromatic rings. The third kappa shape index (κ3) is 6.06. The van der Waals surface area contributed by atoms with Crippen LogP contribution >= 0.6 is 0 Å². The smallest absolute Gasteiger partial charge is 0.340 e. The Labute approximate surface area is 206 Å². The minimum atomic E-state index is -3.66. The molecule has 2 N–H and O–H groups in total. The molecule has 0 aromatic heterocycles. The van der Waals surface area contributed by atoms with Crippen molar-refractivity contribution >= 4 is 39.0 Å². The Morgan fingerprint density at radius 3 is 2.26 bits per heavy atom. The van der Waals surface area contributed by atoms with E-state index in [1.807, 2.05) is 32.0 Å². The highest BCUT2D eigenvalue weighted by Gasteiger charge is 2.20. The van der Waals surface area contributed by atoms with Crippen LogP contribution in [0.5, 0.6) is 0 Å². The van der Waals surface area contributed by atoms with E-state index in [2.05, 4.69) is 10.6 Å². The molecule has 0 radical (unpaired) electrons. The normalized spacial score (nSPS) is 11.3. The monoisotopic (exact) mass is 495 g/mol. The average Bonchev–Trinajstić information content (AvgIpc) is 2.82. The highest BCUT2D eigenvalue weighted by molar-refractivity contribution is 7.89. The van der Waals surface area contributed by atoms with Gasteiger partial charge in [-0.2, -0.15) is 0 Å². The van der Waals surface area contributed by atoms with Gasteiger partial charge in [0.25, 0.3) is 5.91 Å². The average molecular weight is 496 g/mol. The zero-order valence-corrected chi connectivity index (χ0v) is 21.2. The van der Waals surface area contributed by atoms with E-state index in [1.54, 1.807) is 37.3 Å². The number of sulfonamides is 1. The fourth-order valence-electron chi connectivity index (χ4n) is 3.30. The summed E-state index contributed by atoms with van der Waals surface area (Å²) < 4.78 is 31.1. The Bertz CT molecular complexity index is 1370. The Morgan fingerprint density at radius 2 is 1.54 bits per heavy atom. The van der Waals surface area contributed by atoms with Crippen LogP contribution in [-0.2, 0) is 19.6 Å². The fourth-order valence-corrected chi connectivity index (χ4v) is 4.23. The molecule has 0 saturated heterocycles. The molecule has 0 aliphatic rings. The topological polar surface area (TPSA) is 105 Å². The molecule has 3 rings (SSSR count). The predicted molar refractivity (Wildman–Crippen MR) is 137 cm³/mol. The number of benzene rings is 3. The highest BCUT2D eigenvalue weighted by Crippen LogP contribution is 2.26. The number of carbonyl (C=O) groups is 2. The summed E-state index contributed by atoms with van der Waals surface area (Å²) in [5, 5.41) is 5.89. The van der Waals surface area contributed by atoms with Gasteiger partial charge in [-0.1, -0.05) is 30.3 Å². The first kappa shape index (κ1) is 25.9. The van der Waals surface area contributed by atoms with Gasteiger partial charge in [-0.3, -0.25) is 4.79 Å². The minimum Gasteiger partial charge on any atom is -0.452 e. The van der Waals surface area contributed by atoms with Gasteiger partial charge in [-0.05, 0) is 67.8 Å². The molecular weight excluding hydrogens is 466 g/mol. The third-order valence-electron chi connectivity index (χ3n) is 5.62. The van der Waals surface area contributed by atoms with E-state index in [0.717, 1.165) is 21.1 Å². The maximum Gasteiger partial charge on any atom is 0.340 e. The molecule has 0 heterocycles. The fraction of sp³-hybridized carbons (Fsp3) is 0.231. The molecule has 0 saturated carbocycles. The lowest BCUT2D eigenvalue weighted by molar-refractivity contribution is -0.119.